The Morgan fingerprint density at radius 3 is 2.50 bits per heavy atom. The van der Waals surface area contributed by atoms with Gasteiger partial charge in [-0.05, 0) is 42.8 Å². The molecule has 2 aromatic carbocycles. The lowest BCUT2D eigenvalue weighted by Crippen LogP contribution is -2.12. The number of hydrogen-bond donors (Lipinski definition) is 2. The second-order valence-corrected chi connectivity index (χ2v) is 4.71. The molecule has 2 aromatic rings. The summed E-state index contributed by atoms with van der Waals surface area (Å²) in [7, 11) is 0. The van der Waals surface area contributed by atoms with E-state index in [1.807, 2.05) is 6.92 Å². The van der Waals surface area contributed by atoms with Crippen LogP contribution in [0.5, 0.6) is 0 Å². The Morgan fingerprint density at radius 2 is 1.85 bits per heavy atom. The van der Waals surface area contributed by atoms with E-state index in [2.05, 4.69) is 5.32 Å². The number of benzene rings is 2. The van der Waals surface area contributed by atoms with Crippen molar-refractivity contribution < 1.29 is 14.7 Å². The summed E-state index contributed by atoms with van der Waals surface area (Å²) >= 11 is 5.97. The molecule has 0 aliphatic heterocycles. The van der Waals surface area contributed by atoms with Gasteiger partial charge >= 0.3 is 5.97 Å². The molecule has 1 amide bonds. The summed E-state index contributed by atoms with van der Waals surface area (Å²) in [6.45, 7) is 1.85. The summed E-state index contributed by atoms with van der Waals surface area (Å²) in [5, 5.41) is 12.0. The van der Waals surface area contributed by atoms with E-state index in [0.717, 1.165) is 5.56 Å². The van der Waals surface area contributed by atoms with Gasteiger partial charge in [0.25, 0.3) is 5.91 Å². The van der Waals surface area contributed by atoms with E-state index in [-0.39, 0.29) is 11.5 Å². The molecule has 5 heteroatoms. The predicted molar refractivity (Wildman–Crippen MR) is 77.5 cm³/mol. The average molecular weight is 290 g/mol. The minimum atomic E-state index is -1.04. The zero-order chi connectivity index (χ0) is 14.7. The first-order chi connectivity index (χ1) is 9.47. The Bertz CT molecular complexity index is 683. The van der Waals surface area contributed by atoms with Crippen molar-refractivity contribution >= 4 is 29.2 Å². The van der Waals surface area contributed by atoms with Gasteiger partial charge in [-0.2, -0.15) is 0 Å². The van der Waals surface area contributed by atoms with Crippen LogP contribution < -0.4 is 5.32 Å². The van der Waals surface area contributed by atoms with Crippen LogP contribution in [0.3, 0.4) is 0 Å². The minimum Gasteiger partial charge on any atom is -0.478 e. The first-order valence-corrected chi connectivity index (χ1v) is 6.26. The second kappa shape index (κ2) is 5.75. The van der Waals surface area contributed by atoms with Gasteiger partial charge in [-0.3, -0.25) is 4.79 Å². The molecule has 0 spiro atoms. The van der Waals surface area contributed by atoms with Gasteiger partial charge in [0.2, 0.25) is 0 Å². The maximum atomic E-state index is 12.0. The molecule has 0 saturated heterocycles. The van der Waals surface area contributed by atoms with Crippen LogP contribution in [-0.2, 0) is 0 Å². The van der Waals surface area contributed by atoms with Crippen molar-refractivity contribution in [1.29, 1.82) is 0 Å². The molecule has 2 N–H and O–H groups in total. The van der Waals surface area contributed by atoms with E-state index >= 15 is 0 Å². The van der Waals surface area contributed by atoms with Crippen molar-refractivity contribution in [2.75, 3.05) is 5.32 Å². The molecule has 0 bridgehead atoms. The lowest BCUT2D eigenvalue weighted by atomic mass is 10.1. The lowest BCUT2D eigenvalue weighted by molar-refractivity contribution is 0.0696. The largest absolute Gasteiger partial charge is 0.478 e. The third-order valence-corrected chi connectivity index (χ3v) is 3.21. The Labute approximate surface area is 121 Å². The van der Waals surface area contributed by atoms with Crippen LogP contribution in [0.25, 0.3) is 0 Å². The van der Waals surface area contributed by atoms with E-state index in [4.69, 9.17) is 16.7 Å². The van der Waals surface area contributed by atoms with Gasteiger partial charge in [-0.25, -0.2) is 4.79 Å². The van der Waals surface area contributed by atoms with E-state index in [1.165, 1.54) is 12.1 Å². The van der Waals surface area contributed by atoms with Gasteiger partial charge in [0.1, 0.15) is 0 Å². The summed E-state index contributed by atoms with van der Waals surface area (Å²) in [5.41, 5.74) is 1.84. The highest BCUT2D eigenvalue weighted by Gasteiger charge is 2.09. The highest BCUT2D eigenvalue weighted by Crippen LogP contribution is 2.18. The summed E-state index contributed by atoms with van der Waals surface area (Å²) in [6.07, 6.45) is 0. The average Bonchev–Trinajstić information content (AvgIpc) is 2.42. The molecule has 0 aliphatic rings. The number of aromatic carboxylic acids is 1. The number of rotatable bonds is 3. The highest BCUT2D eigenvalue weighted by atomic mass is 35.5. The molecule has 0 saturated carbocycles. The molecule has 20 heavy (non-hydrogen) atoms. The van der Waals surface area contributed by atoms with Crippen LogP contribution >= 0.6 is 11.6 Å². The minimum absolute atomic E-state index is 0.115. The Morgan fingerprint density at radius 1 is 1.10 bits per heavy atom. The van der Waals surface area contributed by atoms with Crippen LogP contribution in [0, 0.1) is 6.92 Å². The Hall–Kier alpha value is -2.33. The van der Waals surface area contributed by atoms with Gasteiger partial charge in [-0.15, -0.1) is 0 Å². The summed E-state index contributed by atoms with van der Waals surface area (Å²) < 4.78 is 0. The van der Waals surface area contributed by atoms with Gasteiger partial charge in [0.15, 0.2) is 0 Å². The fraction of sp³-hybridized carbons (Fsp3) is 0.0667. The molecule has 0 fully saturated rings. The van der Waals surface area contributed by atoms with E-state index < -0.39 is 5.97 Å². The maximum absolute atomic E-state index is 12.0. The smallest absolute Gasteiger partial charge is 0.335 e. The third kappa shape index (κ3) is 3.16. The fourth-order valence-electron chi connectivity index (χ4n) is 1.67. The predicted octanol–water partition coefficient (Wildman–Crippen LogP) is 3.60. The van der Waals surface area contributed by atoms with Gasteiger partial charge in [0, 0.05) is 16.3 Å². The molecule has 2 rings (SSSR count). The van der Waals surface area contributed by atoms with Gasteiger partial charge in [-0.1, -0.05) is 23.7 Å². The third-order valence-electron chi connectivity index (χ3n) is 2.80. The topological polar surface area (TPSA) is 66.4 Å². The van der Waals surface area contributed by atoms with Gasteiger partial charge < -0.3 is 10.4 Å². The van der Waals surface area contributed by atoms with E-state index in [0.29, 0.717) is 16.3 Å². The standard InChI is InChI=1S/C15H12ClNO3/c1-9-5-6-10(8-13(9)16)14(18)17-12-4-2-3-11(7-12)15(19)20/h2-8H,1H3,(H,17,18)(H,19,20). The van der Waals surface area contributed by atoms with E-state index in [9.17, 15) is 9.59 Å². The molecule has 0 unspecified atom stereocenters. The Balaban J connectivity index is 2.21. The summed E-state index contributed by atoms with van der Waals surface area (Å²) in [5.74, 6) is -1.38. The van der Waals surface area contributed by atoms with Gasteiger partial charge in [0.05, 0.1) is 5.56 Å². The summed E-state index contributed by atoms with van der Waals surface area (Å²) in [4.78, 5) is 22.9. The number of hydrogen-bond acceptors (Lipinski definition) is 2. The maximum Gasteiger partial charge on any atom is 0.335 e. The van der Waals surface area contributed by atoms with Crippen molar-refractivity contribution in [3.05, 3.63) is 64.2 Å². The van der Waals surface area contributed by atoms with Crippen molar-refractivity contribution in [3.8, 4) is 0 Å². The van der Waals surface area contributed by atoms with Crippen LogP contribution in [0.2, 0.25) is 5.02 Å². The molecule has 0 radical (unpaired) electrons. The van der Waals surface area contributed by atoms with Crippen LogP contribution in [0.15, 0.2) is 42.5 Å². The van der Waals surface area contributed by atoms with Crippen molar-refractivity contribution in [2.45, 2.75) is 6.92 Å². The van der Waals surface area contributed by atoms with Crippen LogP contribution in [0.1, 0.15) is 26.3 Å². The molecule has 0 aromatic heterocycles. The van der Waals surface area contributed by atoms with Crippen LogP contribution in [0.4, 0.5) is 5.69 Å². The SMILES string of the molecule is Cc1ccc(C(=O)Nc2cccc(C(=O)O)c2)cc1Cl. The van der Waals surface area contributed by atoms with Crippen molar-refractivity contribution in [2.24, 2.45) is 0 Å². The molecule has 102 valence electrons. The number of carboxylic acid groups (broad SMARTS) is 1. The number of carbonyl (C=O) groups excluding carboxylic acids is 1. The first-order valence-electron chi connectivity index (χ1n) is 5.88. The normalized spacial score (nSPS) is 10.1. The molecular weight excluding hydrogens is 278 g/mol. The number of anilines is 1. The summed E-state index contributed by atoms with van der Waals surface area (Å²) in [6, 6.07) is 11.0. The first kappa shape index (κ1) is 14.1. The van der Waals surface area contributed by atoms with E-state index in [1.54, 1.807) is 30.3 Å². The van der Waals surface area contributed by atoms with Crippen molar-refractivity contribution in [1.82, 2.24) is 0 Å². The zero-order valence-electron chi connectivity index (χ0n) is 10.7. The quantitative estimate of drug-likeness (QED) is 0.907. The second-order valence-electron chi connectivity index (χ2n) is 4.30. The number of amides is 1. The number of halogens is 1. The molecular formula is C15H12ClNO3. The lowest BCUT2D eigenvalue weighted by Gasteiger charge is -2.07. The number of aryl methyl sites for hydroxylation is 1. The van der Waals surface area contributed by atoms with Crippen molar-refractivity contribution in [3.63, 3.8) is 0 Å². The molecule has 4 nitrogen and oxygen atoms in total. The fourth-order valence-corrected chi connectivity index (χ4v) is 1.85. The number of carboxylic acids is 1. The molecule has 0 atom stereocenters. The number of carbonyl (C=O) groups is 2. The monoisotopic (exact) mass is 289 g/mol. The zero-order valence-corrected chi connectivity index (χ0v) is 11.4. The molecule has 0 aliphatic carbocycles. The Kier molecular flexibility index (Phi) is 4.05. The molecule has 0 heterocycles. The highest BCUT2D eigenvalue weighted by molar-refractivity contribution is 6.31. The number of nitrogens with one attached hydrogen (secondary N) is 1. The van der Waals surface area contributed by atoms with Crippen LogP contribution in [-0.4, -0.2) is 17.0 Å².